The van der Waals surface area contributed by atoms with Crippen LogP contribution in [0.3, 0.4) is 0 Å². The van der Waals surface area contributed by atoms with Gasteiger partial charge in [0.2, 0.25) is 17.6 Å². The minimum absolute atomic E-state index is 0.0510. The van der Waals surface area contributed by atoms with Crippen LogP contribution in [0.2, 0.25) is 0 Å². The van der Waals surface area contributed by atoms with Gasteiger partial charge in [-0.25, -0.2) is 4.98 Å². The third kappa shape index (κ3) is 3.75. The lowest BCUT2D eigenvalue weighted by atomic mass is 10.0. The third-order valence-corrected chi connectivity index (χ3v) is 5.29. The number of carbonyl (C=O) groups excluding carboxylic acids is 1. The molecule has 1 aliphatic carbocycles. The van der Waals surface area contributed by atoms with Gasteiger partial charge in [0, 0.05) is 30.9 Å². The zero-order valence-electron chi connectivity index (χ0n) is 14.7. The molecule has 8 nitrogen and oxygen atoms in total. The molecule has 3 heterocycles. The van der Waals surface area contributed by atoms with E-state index in [1.165, 1.54) is 12.8 Å². The zero-order valence-corrected chi connectivity index (χ0v) is 14.7. The molecule has 8 heteroatoms. The highest BCUT2D eigenvalue weighted by Gasteiger charge is 2.41. The molecule has 1 amide bonds. The number of nitrogens with zero attached hydrogens (tertiary/aromatic N) is 4. The molecular weight excluding hydrogens is 332 g/mol. The Morgan fingerprint density at radius 3 is 2.81 bits per heavy atom. The molecule has 26 heavy (non-hydrogen) atoms. The van der Waals surface area contributed by atoms with Crippen LogP contribution in [-0.4, -0.2) is 45.1 Å². The zero-order chi connectivity index (χ0) is 17.8. The van der Waals surface area contributed by atoms with Gasteiger partial charge in [0.05, 0.1) is 12.1 Å². The molecule has 3 unspecified atom stereocenters. The molecule has 2 aromatic rings. The second-order valence-electron chi connectivity index (χ2n) is 7.09. The second kappa shape index (κ2) is 7.90. The molecule has 0 radical (unpaired) electrons. The third-order valence-electron chi connectivity index (χ3n) is 5.29. The van der Waals surface area contributed by atoms with Gasteiger partial charge < -0.3 is 15.2 Å². The highest BCUT2D eigenvalue weighted by atomic mass is 16.5. The van der Waals surface area contributed by atoms with Crippen molar-refractivity contribution in [3.8, 4) is 11.5 Å². The minimum atomic E-state index is -0.0510. The number of amides is 1. The van der Waals surface area contributed by atoms with Crippen molar-refractivity contribution in [1.82, 2.24) is 30.7 Å². The first-order valence-electron chi connectivity index (χ1n) is 9.42. The Bertz CT molecular complexity index is 734. The Kier molecular flexibility index (Phi) is 5.19. The van der Waals surface area contributed by atoms with Crippen LogP contribution in [0.25, 0.3) is 11.5 Å². The van der Waals surface area contributed by atoms with E-state index in [9.17, 15) is 4.79 Å². The van der Waals surface area contributed by atoms with E-state index in [0.29, 0.717) is 17.4 Å². The average molecular weight is 356 g/mol. The Hall–Kier alpha value is -2.35. The number of fused-ring (bicyclic) bond motifs is 1. The van der Waals surface area contributed by atoms with Crippen molar-refractivity contribution in [3.63, 3.8) is 0 Å². The van der Waals surface area contributed by atoms with Crippen molar-refractivity contribution >= 4 is 5.91 Å². The number of rotatable bonds is 2. The summed E-state index contributed by atoms with van der Waals surface area (Å²) in [6.07, 6.45) is 11.0. The van der Waals surface area contributed by atoms with Crippen LogP contribution in [0.15, 0.2) is 23.1 Å². The molecule has 1 saturated carbocycles. The maximum absolute atomic E-state index is 12.6. The highest BCUT2D eigenvalue weighted by molar-refractivity contribution is 5.80. The van der Waals surface area contributed by atoms with Gasteiger partial charge in [0.15, 0.2) is 0 Å². The molecule has 0 spiro atoms. The second-order valence-corrected chi connectivity index (χ2v) is 7.09. The summed E-state index contributed by atoms with van der Waals surface area (Å²) in [5, 5.41) is 10.7. The first kappa shape index (κ1) is 17.1. The minimum Gasteiger partial charge on any atom is -0.356 e. The summed E-state index contributed by atoms with van der Waals surface area (Å²) in [7, 11) is 0. The lowest BCUT2D eigenvalue weighted by molar-refractivity contribution is -0.125. The number of hydrogen-bond acceptors (Lipinski definition) is 7. The van der Waals surface area contributed by atoms with Crippen molar-refractivity contribution in [2.24, 2.45) is 5.92 Å². The van der Waals surface area contributed by atoms with Crippen LogP contribution < -0.4 is 10.6 Å². The lowest BCUT2D eigenvalue weighted by Gasteiger charge is -2.19. The van der Waals surface area contributed by atoms with Crippen molar-refractivity contribution < 1.29 is 9.32 Å². The van der Waals surface area contributed by atoms with Crippen molar-refractivity contribution in [1.29, 1.82) is 0 Å². The van der Waals surface area contributed by atoms with Gasteiger partial charge >= 0.3 is 0 Å². The molecule has 2 aliphatic rings. The summed E-state index contributed by atoms with van der Waals surface area (Å²) >= 11 is 0. The van der Waals surface area contributed by atoms with E-state index in [1.807, 2.05) is 0 Å². The molecular formula is C18H24N6O2. The van der Waals surface area contributed by atoms with Crippen LogP contribution in [0.4, 0.5) is 0 Å². The van der Waals surface area contributed by atoms with E-state index in [0.717, 1.165) is 38.8 Å². The summed E-state index contributed by atoms with van der Waals surface area (Å²) in [5.41, 5.74) is 0.589. The SMILES string of the molecule is O=C1NCCCCCCNC2CC(c3nc(-c4cnccn4)no3)CC12. The molecule has 2 N–H and O–H groups in total. The molecule has 2 aromatic heterocycles. The van der Waals surface area contributed by atoms with Gasteiger partial charge in [-0.1, -0.05) is 18.0 Å². The maximum atomic E-state index is 12.6. The Morgan fingerprint density at radius 2 is 1.96 bits per heavy atom. The topological polar surface area (TPSA) is 106 Å². The summed E-state index contributed by atoms with van der Waals surface area (Å²) in [6, 6.07) is 0.157. The first-order valence-corrected chi connectivity index (χ1v) is 9.42. The van der Waals surface area contributed by atoms with Crippen molar-refractivity contribution in [3.05, 3.63) is 24.5 Å². The van der Waals surface area contributed by atoms with Crippen molar-refractivity contribution in [2.45, 2.75) is 50.5 Å². The fourth-order valence-corrected chi connectivity index (χ4v) is 3.91. The van der Waals surface area contributed by atoms with Crippen LogP contribution in [0.1, 0.15) is 50.3 Å². The van der Waals surface area contributed by atoms with E-state index in [2.05, 4.69) is 30.7 Å². The van der Waals surface area contributed by atoms with Gasteiger partial charge in [0.1, 0.15) is 5.69 Å². The van der Waals surface area contributed by atoms with Crippen LogP contribution in [0, 0.1) is 5.92 Å². The quantitative estimate of drug-likeness (QED) is 0.843. The first-order chi connectivity index (χ1) is 12.8. The molecule has 4 rings (SSSR count). The Labute approximate surface area is 152 Å². The van der Waals surface area contributed by atoms with Crippen LogP contribution in [-0.2, 0) is 4.79 Å². The summed E-state index contributed by atoms with van der Waals surface area (Å²) in [4.78, 5) is 25.3. The predicted octanol–water partition coefficient (Wildman–Crippen LogP) is 1.67. The van der Waals surface area contributed by atoms with Crippen molar-refractivity contribution in [2.75, 3.05) is 13.1 Å². The highest BCUT2D eigenvalue weighted by Crippen LogP contribution is 2.38. The van der Waals surface area contributed by atoms with Gasteiger partial charge in [-0.05, 0) is 32.2 Å². The molecule has 1 saturated heterocycles. The molecule has 138 valence electrons. The average Bonchev–Trinajstić information content (AvgIpc) is 3.31. The molecule has 0 bridgehead atoms. The molecule has 3 atom stereocenters. The van der Waals surface area contributed by atoms with Crippen LogP contribution in [0.5, 0.6) is 0 Å². The number of aromatic nitrogens is 4. The summed E-state index contributed by atoms with van der Waals surface area (Å²) < 4.78 is 5.49. The molecule has 1 aliphatic heterocycles. The largest absolute Gasteiger partial charge is 0.356 e. The number of carbonyl (C=O) groups is 1. The lowest BCUT2D eigenvalue weighted by Crippen LogP contribution is -2.41. The Morgan fingerprint density at radius 1 is 1.08 bits per heavy atom. The normalized spacial score (nSPS) is 27.4. The maximum Gasteiger partial charge on any atom is 0.230 e. The fourth-order valence-electron chi connectivity index (χ4n) is 3.91. The van der Waals surface area contributed by atoms with E-state index in [1.54, 1.807) is 18.6 Å². The fraction of sp³-hybridized carbons (Fsp3) is 0.611. The van der Waals surface area contributed by atoms with Gasteiger partial charge in [0.25, 0.3) is 0 Å². The van der Waals surface area contributed by atoms with Gasteiger partial charge in [-0.3, -0.25) is 9.78 Å². The van der Waals surface area contributed by atoms with E-state index < -0.39 is 0 Å². The number of nitrogens with one attached hydrogen (secondary N) is 2. The van der Waals surface area contributed by atoms with Gasteiger partial charge in [-0.2, -0.15) is 4.98 Å². The molecule has 2 fully saturated rings. The Balaban J connectivity index is 1.49. The van der Waals surface area contributed by atoms with E-state index in [-0.39, 0.29) is 23.8 Å². The van der Waals surface area contributed by atoms with E-state index in [4.69, 9.17) is 4.52 Å². The van der Waals surface area contributed by atoms with Crippen LogP contribution >= 0.6 is 0 Å². The van der Waals surface area contributed by atoms with Gasteiger partial charge in [-0.15, -0.1) is 0 Å². The smallest absolute Gasteiger partial charge is 0.230 e. The number of hydrogen-bond donors (Lipinski definition) is 2. The predicted molar refractivity (Wildman–Crippen MR) is 94.1 cm³/mol. The summed E-state index contributed by atoms with van der Waals surface area (Å²) in [5.74, 6) is 1.20. The summed E-state index contributed by atoms with van der Waals surface area (Å²) in [6.45, 7) is 1.72. The molecule has 0 aromatic carbocycles. The van der Waals surface area contributed by atoms with E-state index >= 15 is 0 Å². The standard InChI is InChI=1S/C18H24N6O2/c25-17-13-9-12(10-14(13)20-5-3-1-2-4-6-22-17)18-23-16(24-26-18)15-11-19-7-8-21-15/h7-8,11-14,20H,1-6,9-10H2,(H,22,25). The monoisotopic (exact) mass is 356 g/mol.